The second-order valence-electron chi connectivity index (χ2n) is 6.47. The number of rotatable bonds is 5. The molecule has 0 saturated heterocycles. The minimum Gasteiger partial charge on any atom is -0.327 e. The summed E-state index contributed by atoms with van der Waals surface area (Å²) >= 11 is 1.39. The molecule has 3 rings (SSSR count). The molecule has 25 heavy (non-hydrogen) atoms. The Bertz CT molecular complexity index is 730. The smallest absolute Gasteiger partial charge is 0.265 e. The number of carbonyl (C=O) groups is 2. The van der Waals surface area contributed by atoms with E-state index in [0.717, 1.165) is 25.7 Å². The predicted octanol–water partition coefficient (Wildman–Crippen LogP) is 3.85. The first-order valence-electron chi connectivity index (χ1n) is 8.62. The lowest BCUT2D eigenvalue weighted by molar-refractivity contribution is -0.117. The maximum absolute atomic E-state index is 12.3. The molecule has 0 spiro atoms. The summed E-state index contributed by atoms with van der Waals surface area (Å²) in [7, 11) is 0. The third kappa shape index (κ3) is 4.90. The number of nitrogens with one attached hydrogen (secondary N) is 2. The van der Waals surface area contributed by atoms with Gasteiger partial charge < -0.3 is 16.4 Å². The Hall–Kier alpha value is -2.18. The molecule has 6 heteroatoms. The van der Waals surface area contributed by atoms with Crippen LogP contribution in [0, 0.1) is 5.92 Å². The fourth-order valence-electron chi connectivity index (χ4n) is 3.22. The van der Waals surface area contributed by atoms with Gasteiger partial charge in [0.1, 0.15) is 0 Å². The Morgan fingerprint density at radius 1 is 1.08 bits per heavy atom. The van der Waals surface area contributed by atoms with Gasteiger partial charge in [-0.25, -0.2) is 0 Å². The Morgan fingerprint density at radius 3 is 2.56 bits per heavy atom. The Morgan fingerprint density at radius 2 is 1.84 bits per heavy atom. The number of amides is 2. The summed E-state index contributed by atoms with van der Waals surface area (Å²) in [5.74, 6) is 0.0891. The molecule has 5 nitrogen and oxygen atoms in total. The lowest BCUT2D eigenvalue weighted by atomic mass is 9.83. The first kappa shape index (κ1) is 17.6. The van der Waals surface area contributed by atoms with Crippen molar-refractivity contribution in [2.45, 2.75) is 38.1 Å². The van der Waals surface area contributed by atoms with Gasteiger partial charge in [0.2, 0.25) is 5.91 Å². The highest BCUT2D eigenvalue weighted by atomic mass is 32.1. The van der Waals surface area contributed by atoms with Gasteiger partial charge in [0.15, 0.2) is 0 Å². The lowest BCUT2D eigenvalue weighted by Crippen LogP contribution is -2.35. The van der Waals surface area contributed by atoms with Crippen LogP contribution in [0.25, 0.3) is 0 Å². The summed E-state index contributed by atoms with van der Waals surface area (Å²) in [6.07, 6.45) is 4.78. The molecule has 132 valence electrons. The molecule has 2 aromatic rings. The number of benzene rings is 1. The van der Waals surface area contributed by atoms with Crippen LogP contribution in [0.4, 0.5) is 11.4 Å². The van der Waals surface area contributed by atoms with Gasteiger partial charge >= 0.3 is 0 Å². The van der Waals surface area contributed by atoms with Gasteiger partial charge in [0.05, 0.1) is 4.88 Å². The molecule has 1 saturated carbocycles. The summed E-state index contributed by atoms with van der Waals surface area (Å²) in [5, 5.41) is 7.62. The average molecular weight is 357 g/mol. The monoisotopic (exact) mass is 357 g/mol. The van der Waals surface area contributed by atoms with Gasteiger partial charge in [-0.05, 0) is 48.4 Å². The highest BCUT2D eigenvalue weighted by molar-refractivity contribution is 7.12. The third-order valence-electron chi connectivity index (χ3n) is 4.56. The van der Waals surface area contributed by atoms with Crippen molar-refractivity contribution < 1.29 is 9.59 Å². The molecule has 1 aromatic heterocycles. The normalized spacial score (nSPS) is 20.0. The van der Waals surface area contributed by atoms with Crippen LogP contribution >= 0.6 is 11.3 Å². The summed E-state index contributed by atoms with van der Waals surface area (Å²) in [5.41, 5.74) is 7.46. The topological polar surface area (TPSA) is 84.2 Å². The Labute approximate surface area is 151 Å². The van der Waals surface area contributed by atoms with E-state index in [-0.39, 0.29) is 23.8 Å². The van der Waals surface area contributed by atoms with E-state index in [1.807, 2.05) is 23.6 Å². The van der Waals surface area contributed by atoms with Crippen LogP contribution in [-0.2, 0) is 4.79 Å². The molecular formula is C19H23N3O2S. The zero-order valence-corrected chi connectivity index (χ0v) is 14.9. The number of hydrogen-bond donors (Lipinski definition) is 3. The first-order valence-corrected chi connectivity index (χ1v) is 9.50. The maximum atomic E-state index is 12.3. The maximum Gasteiger partial charge on any atom is 0.265 e. The number of anilines is 2. The van der Waals surface area contributed by atoms with Crippen molar-refractivity contribution in [1.29, 1.82) is 0 Å². The van der Waals surface area contributed by atoms with Crippen LogP contribution in [-0.4, -0.2) is 17.9 Å². The van der Waals surface area contributed by atoms with Gasteiger partial charge in [-0.2, -0.15) is 0 Å². The van der Waals surface area contributed by atoms with E-state index in [1.165, 1.54) is 11.3 Å². The Balaban J connectivity index is 1.57. The number of nitrogens with two attached hydrogens (primary N) is 1. The second-order valence-corrected chi connectivity index (χ2v) is 7.42. The molecule has 1 heterocycles. The van der Waals surface area contributed by atoms with Crippen molar-refractivity contribution in [3.8, 4) is 0 Å². The molecule has 4 N–H and O–H groups in total. The van der Waals surface area contributed by atoms with Crippen molar-refractivity contribution in [1.82, 2.24) is 0 Å². The molecule has 2 atom stereocenters. The zero-order chi connectivity index (χ0) is 17.6. The quantitative estimate of drug-likeness (QED) is 0.760. The van der Waals surface area contributed by atoms with E-state index in [1.54, 1.807) is 18.2 Å². The number of thiophene rings is 1. The van der Waals surface area contributed by atoms with E-state index in [9.17, 15) is 9.59 Å². The van der Waals surface area contributed by atoms with Crippen molar-refractivity contribution in [2.24, 2.45) is 11.7 Å². The van der Waals surface area contributed by atoms with E-state index in [4.69, 9.17) is 5.73 Å². The molecule has 1 aromatic carbocycles. The van der Waals surface area contributed by atoms with E-state index in [2.05, 4.69) is 10.6 Å². The molecule has 1 aliphatic carbocycles. The first-order chi connectivity index (χ1) is 12.1. The molecule has 2 amide bonds. The molecular weight excluding hydrogens is 334 g/mol. The van der Waals surface area contributed by atoms with Crippen molar-refractivity contribution in [3.05, 3.63) is 46.7 Å². The SMILES string of the molecule is NC1CCCCC1CC(=O)Nc1cccc(NC(=O)c2cccs2)c1. The standard InChI is InChI=1S/C19H23N3O2S/c20-16-8-2-1-5-13(16)11-18(23)21-14-6-3-7-15(12-14)22-19(24)17-9-4-10-25-17/h3-4,6-7,9-10,12-13,16H,1-2,5,8,11,20H2,(H,21,23)(H,22,24). The van der Waals surface area contributed by atoms with Crippen molar-refractivity contribution >= 4 is 34.5 Å². The van der Waals surface area contributed by atoms with Crippen LogP contribution in [0.3, 0.4) is 0 Å². The molecule has 0 bridgehead atoms. The highest BCUT2D eigenvalue weighted by Gasteiger charge is 2.24. The number of hydrogen-bond acceptors (Lipinski definition) is 4. The van der Waals surface area contributed by atoms with Gasteiger partial charge in [-0.3, -0.25) is 9.59 Å². The molecule has 0 aliphatic heterocycles. The minimum atomic E-state index is -0.147. The summed E-state index contributed by atoms with van der Waals surface area (Å²) in [4.78, 5) is 25.1. The Kier molecular flexibility index (Phi) is 5.83. The average Bonchev–Trinajstić information content (AvgIpc) is 3.12. The molecule has 1 aliphatic rings. The largest absolute Gasteiger partial charge is 0.327 e. The van der Waals surface area contributed by atoms with Gasteiger partial charge in [0, 0.05) is 23.8 Å². The van der Waals surface area contributed by atoms with Crippen LogP contribution in [0.5, 0.6) is 0 Å². The van der Waals surface area contributed by atoms with Crippen LogP contribution < -0.4 is 16.4 Å². The van der Waals surface area contributed by atoms with Crippen molar-refractivity contribution in [2.75, 3.05) is 10.6 Å². The van der Waals surface area contributed by atoms with Gasteiger partial charge in [-0.1, -0.05) is 25.0 Å². The fraction of sp³-hybridized carbons (Fsp3) is 0.368. The fourth-order valence-corrected chi connectivity index (χ4v) is 3.83. The van der Waals surface area contributed by atoms with Crippen LogP contribution in [0.15, 0.2) is 41.8 Å². The summed E-state index contributed by atoms with van der Waals surface area (Å²) in [6, 6.07) is 10.9. The number of carbonyl (C=O) groups excluding carboxylic acids is 2. The van der Waals surface area contributed by atoms with Gasteiger partial charge in [-0.15, -0.1) is 11.3 Å². The summed E-state index contributed by atoms with van der Waals surface area (Å²) < 4.78 is 0. The van der Waals surface area contributed by atoms with Crippen LogP contribution in [0.2, 0.25) is 0 Å². The van der Waals surface area contributed by atoms with Crippen LogP contribution in [0.1, 0.15) is 41.8 Å². The lowest BCUT2D eigenvalue weighted by Gasteiger charge is -2.27. The minimum absolute atomic E-state index is 0.0240. The third-order valence-corrected chi connectivity index (χ3v) is 5.43. The van der Waals surface area contributed by atoms with E-state index >= 15 is 0 Å². The van der Waals surface area contributed by atoms with Crippen molar-refractivity contribution in [3.63, 3.8) is 0 Å². The zero-order valence-electron chi connectivity index (χ0n) is 14.0. The molecule has 2 unspecified atom stereocenters. The highest BCUT2D eigenvalue weighted by Crippen LogP contribution is 2.26. The predicted molar refractivity (Wildman–Crippen MR) is 102 cm³/mol. The molecule has 1 fully saturated rings. The molecule has 0 radical (unpaired) electrons. The van der Waals surface area contributed by atoms with Gasteiger partial charge in [0.25, 0.3) is 5.91 Å². The van der Waals surface area contributed by atoms with E-state index in [0.29, 0.717) is 22.7 Å². The van der Waals surface area contributed by atoms with E-state index < -0.39 is 0 Å². The summed E-state index contributed by atoms with van der Waals surface area (Å²) in [6.45, 7) is 0. The second kappa shape index (κ2) is 8.27.